The molecule has 0 atom stereocenters. The first-order chi connectivity index (χ1) is 14.5. The van der Waals surface area contributed by atoms with E-state index >= 15 is 0 Å². The van der Waals surface area contributed by atoms with Crippen LogP contribution >= 0.6 is 0 Å². The summed E-state index contributed by atoms with van der Waals surface area (Å²) in [7, 11) is 0. The predicted octanol–water partition coefficient (Wildman–Crippen LogP) is 1.52. The van der Waals surface area contributed by atoms with Crippen LogP contribution in [-0.4, -0.2) is 27.5 Å². The predicted molar refractivity (Wildman–Crippen MR) is 118 cm³/mol. The molecule has 1 aromatic carbocycles. The molecule has 1 heterocycles. The van der Waals surface area contributed by atoms with Gasteiger partial charge in [0, 0.05) is 6.54 Å². The molecular formula is C23H33N4O3+. The average molecular weight is 414 g/mol. The summed E-state index contributed by atoms with van der Waals surface area (Å²) in [6.07, 6.45) is 8.34. The largest absolute Gasteiger partial charge is 0.384 e. The second kappa shape index (κ2) is 10.4. The van der Waals surface area contributed by atoms with Gasteiger partial charge in [0.15, 0.2) is 0 Å². The minimum atomic E-state index is -0.583. The molecule has 3 rings (SSSR count). The summed E-state index contributed by atoms with van der Waals surface area (Å²) in [6.45, 7) is 2.32. The van der Waals surface area contributed by atoms with Crippen molar-refractivity contribution in [1.82, 2.24) is 9.13 Å². The Morgan fingerprint density at radius 3 is 2.30 bits per heavy atom. The minimum Gasteiger partial charge on any atom is -0.384 e. The van der Waals surface area contributed by atoms with Crippen molar-refractivity contribution in [2.24, 2.45) is 0 Å². The summed E-state index contributed by atoms with van der Waals surface area (Å²) in [5.74, 6) is -0.335. The molecule has 2 aromatic rings. The number of carbonyl (C=O) groups excluding carboxylic acids is 1. The third kappa shape index (κ3) is 5.08. The van der Waals surface area contributed by atoms with Gasteiger partial charge in [-0.1, -0.05) is 49.6 Å². The lowest BCUT2D eigenvalue weighted by Gasteiger charge is -2.19. The highest BCUT2D eigenvalue weighted by Crippen LogP contribution is 2.15. The number of quaternary nitrogens is 1. The first-order valence-corrected chi connectivity index (χ1v) is 11.1. The van der Waals surface area contributed by atoms with Crippen LogP contribution in [0.2, 0.25) is 0 Å². The normalized spacial score (nSPS) is 15.5. The van der Waals surface area contributed by atoms with Gasteiger partial charge in [-0.3, -0.25) is 18.7 Å². The van der Waals surface area contributed by atoms with Gasteiger partial charge in [0.05, 0.1) is 12.6 Å². The van der Waals surface area contributed by atoms with E-state index in [1.807, 2.05) is 30.3 Å². The zero-order valence-electron chi connectivity index (χ0n) is 17.8. The van der Waals surface area contributed by atoms with E-state index in [0.717, 1.165) is 23.0 Å². The van der Waals surface area contributed by atoms with Crippen molar-refractivity contribution < 1.29 is 10.1 Å². The molecule has 0 amide bonds. The minimum absolute atomic E-state index is 0.0328. The lowest BCUT2D eigenvalue weighted by molar-refractivity contribution is -0.679. The van der Waals surface area contributed by atoms with Crippen molar-refractivity contribution in [2.75, 3.05) is 12.3 Å². The fraction of sp³-hybridized carbons (Fsp3) is 0.522. The smallest absolute Gasteiger partial charge is 0.332 e. The van der Waals surface area contributed by atoms with E-state index in [4.69, 9.17) is 5.73 Å². The molecule has 1 saturated carbocycles. The van der Waals surface area contributed by atoms with E-state index in [1.165, 1.54) is 36.7 Å². The van der Waals surface area contributed by atoms with Crippen LogP contribution in [0, 0.1) is 0 Å². The van der Waals surface area contributed by atoms with Crippen LogP contribution in [-0.2, 0) is 13.1 Å². The van der Waals surface area contributed by atoms with Gasteiger partial charge in [-0.05, 0) is 38.2 Å². The van der Waals surface area contributed by atoms with Gasteiger partial charge < -0.3 is 11.1 Å². The Kier molecular flexibility index (Phi) is 7.63. The van der Waals surface area contributed by atoms with Crippen molar-refractivity contribution in [3.05, 3.63) is 62.3 Å². The highest BCUT2D eigenvalue weighted by Gasteiger charge is 2.24. The molecule has 0 bridgehead atoms. The fourth-order valence-corrected chi connectivity index (χ4v) is 4.27. The van der Waals surface area contributed by atoms with Gasteiger partial charge in [0.2, 0.25) is 5.78 Å². The van der Waals surface area contributed by atoms with Crippen LogP contribution in [0.25, 0.3) is 0 Å². The number of aromatic nitrogens is 2. The molecule has 7 nitrogen and oxygen atoms in total. The Bertz CT molecular complexity index is 970. The maximum Gasteiger partial charge on any atom is 0.332 e. The molecule has 1 fully saturated rings. The van der Waals surface area contributed by atoms with Crippen LogP contribution in [0.4, 0.5) is 5.82 Å². The van der Waals surface area contributed by atoms with Crippen LogP contribution < -0.4 is 22.3 Å². The monoisotopic (exact) mass is 413 g/mol. The van der Waals surface area contributed by atoms with Crippen LogP contribution in [0.3, 0.4) is 0 Å². The number of hydrogen-bond donors (Lipinski definition) is 2. The maximum absolute atomic E-state index is 13.0. The van der Waals surface area contributed by atoms with Crippen molar-refractivity contribution in [3.63, 3.8) is 0 Å². The first kappa shape index (κ1) is 22.0. The first-order valence-electron chi connectivity index (χ1n) is 11.1. The summed E-state index contributed by atoms with van der Waals surface area (Å²) >= 11 is 0. The van der Waals surface area contributed by atoms with Gasteiger partial charge in [0.25, 0.3) is 5.56 Å². The molecular weight excluding hydrogens is 380 g/mol. The highest BCUT2D eigenvalue weighted by atomic mass is 16.2. The number of carbonyl (C=O) groups is 1. The second-order valence-electron chi connectivity index (χ2n) is 8.13. The van der Waals surface area contributed by atoms with E-state index in [0.29, 0.717) is 6.04 Å². The standard InChI is InChI=1S/C23H32N4O3/c1-2-26-22(29)20(19(28)15-25-18-13-9-4-3-5-10-14-18)21(24)27(23(26)30)16-17-11-7-6-8-12-17/h6-8,11-12,18,25H,2-5,9-10,13-16,24H2,1H3/p+1. The lowest BCUT2D eigenvalue weighted by atomic mass is 9.96. The van der Waals surface area contributed by atoms with E-state index in [-0.39, 0.29) is 36.8 Å². The molecule has 0 radical (unpaired) electrons. The SMILES string of the molecule is CCn1c(=O)c(C(=O)C[NH2+]C2CCCCCCC2)c(N)n(Cc2ccccc2)c1=O. The number of anilines is 1. The third-order valence-corrected chi connectivity index (χ3v) is 6.03. The van der Waals surface area contributed by atoms with Gasteiger partial charge in [-0.25, -0.2) is 4.79 Å². The Balaban J connectivity index is 1.87. The number of nitrogens with two attached hydrogens (primary N) is 2. The Hall–Kier alpha value is -2.67. The number of nitrogens with zero attached hydrogens (tertiary/aromatic N) is 2. The highest BCUT2D eigenvalue weighted by molar-refractivity contribution is 6.00. The summed E-state index contributed by atoms with van der Waals surface area (Å²) < 4.78 is 2.44. The number of benzene rings is 1. The molecule has 1 aliphatic carbocycles. The second-order valence-corrected chi connectivity index (χ2v) is 8.13. The van der Waals surface area contributed by atoms with Crippen LogP contribution in [0.5, 0.6) is 0 Å². The lowest BCUT2D eigenvalue weighted by Crippen LogP contribution is -2.91. The van der Waals surface area contributed by atoms with Crippen molar-refractivity contribution in [2.45, 2.75) is 71.0 Å². The molecule has 7 heteroatoms. The molecule has 0 unspecified atom stereocenters. The van der Waals surface area contributed by atoms with Crippen molar-refractivity contribution in [1.29, 1.82) is 0 Å². The number of ketones is 1. The quantitative estimate of drug-likeness (QED) is 0.672. The Morgan fingerprint density at radius 2 is 1.67 bits per heavy atom. The molecule has 0 spiro atoms. The molecule has 0 aliphatic heterocycles. The summed E-state index contributed by atoms with van der Waals surface area (Å²) in [4.78, 5) is 38.7. The number of rotatable bonds is 7. The zero-order valence-corrected chi connectivity index (χ0v) is 17.8. The Morgan fingerprint density at radius 1 is 1.03 bits per heavy atom. The van der Waals surface area contributed by atoms with Crippen LogP contribution in [0.15, 0.2) is 39.9 Å². The summed E-state index contributed by atoms with van der Waals surface area (Å²) in [5.41, 5.74) is 5.98. The van der Waals surface area contributed by atoms with Gasteiger partial charge >= 0.3 is 5.69 Å². The third-order valence-electron chi connectivity index (χ3n) is 6.03. The molecule has 30 heavy (non-hydrogen) atoms. The average Bonchev–Trinajstić information content (AvgIpc) is 2.71. The van der Waals surface area contributed by atoms with Gasteiger partial charge in [-0.15, -0.1) is 0 Å². The summed E-state index contributed by atoms with van der Waals surface area (Å²) in [5, 5.41) is 2.05. The molecule has 1 aromatic heterocycles. The Labute approximate surface area is 176 Å². The molecule has 1 aliphatic rings. The van der Waals surface area contributed by atoms with E-state index in [2.05, 4.69) is 5.32 Å². The van der Waals surface area contributed by atoms with E-state index in [1.54, 1.807) is 6.92 Å². The zero-order chi connectivity index (χ0) is 21.5. The molecule has 4 N–H and O–H groups in total. The number of nitrogen functional groups attached to an aromatic ring is 1. The van der Waals surface area contributed by atoms with E-state index < -0.39 is 11.2 Å². The number of hydrogen-bond acceptors (Lipinski definition) is 4. The fourth-order valence-electron chi connectivity index (χ4n) is 4.27. The molecule has 0 saturated heterocycles. The number of Topliss-reactive ketones (excluding diaryl/α,β-unsaturated/α-hetero) is 1. The van der Waals surface area contributed by atoms with Crippen LogP contribution in [0.1, 0.15) is 67.8 Å². The van der Waals surface area contributed by atoms with Gasteiger partial charge in [0.1, 0.15) is 17.9 Å². The van der Waals surface area contributed by atoms with E-state index in [9.17, 15) is 14.4 Å². The topological polar surface area (TPSA) is 104 Å². The molecule has 162 valence electrons. The van der Waals surface area contributed by atoms with Crippen molar-refractivity contribution in [3.8, 4) is 0 Å². The van der Waals surface area contributed by atoms with Gasteiger partial charge in [-0.2, -0.15) is 0 Å². The van der Waals surface area contributed by atoms with Crippen molar-refractivity contribution >= 4 is 11.6 Å². The maximum atomic E-state index is 13.0. The summed E-state index contributed by atoms with van der Waals surface area (Å²) in [6, 6.07) is 9.82.